The Kier molecular flexibility index (Phi) is 6.18. The maximum atomic E-state index is 11.4. The van der Waals surface area contributed by atoms with Gasteiger partial charge in [0.15, 0.2) is 0 Å². The van der Waals surface area contributed by atoms with Crippen molar-refractivity contribution < 1.29 is 10.0 Å². The van der Waals surface area contributed by atoms with Crippen molar-refractivity contribution in [1.29, 1.82) is 0 Å². The van der Waals surface area contributed by atoms with Crippen LogP contribution in [0.5, 0.6) is 0 Å². The summed E-state index contributed by atoms with van der Waals surface area (Å²) in [5, 5.41) is 30.2. The average Bonchev–Trinajstić information content (AvgIpc) is 2.71. The van der Waals surface area contributed by atoms with Crippen LogP contribution in [-0.4, -0.2) is 39.7 Å². The van der Waals surface area contributed by atoms with Gasteiger partial charge < -0.3 is 21.1 Å². The number of nitrogens with zero attached hydrogens (tertiary/aromatic N) is 3. The van der Waals surface area contributed by atoms with E-state index in [2.05, 4.69) is 25.9 Å². The molecule has 2 aromatic carbocycles. The Morgan fingerprint density at radius 1 is 1.11 bits per heavy atom. The number of nitro benzene ring substituents is 1. The van der Waals surface area contributed by atoms with Crippen molar-refractivity contribution in [3.63, 3.8) is 0 Å². The predicted octanol–water partition coefficient (Wildman–Crippen LogP) is 2.99. The topological polar surface area (TPSA) is 125 Å². The van der Waals surface area contributed by atoms with E-state index in [1.54, 1.807) is 6.07 Å². The van der Waals surface area contributed by atoms with E-state index in [9.17, 15) is 10.1 Å². The molecule has 0 radical (unpaired) electrons. The van der Waals surface area contributed by atoms with Crippen molar-refractivity contribution in [2.45, 2.75) is 13.5 Å². The van der Waals surface area contributed by atoms with Crippen LogP contribution >= 0.6 is 0 Å². The molecule has 146 valence electrons. The zero-order chi connectivity index (χ0) is 19.9. The molecule has 0 spiro atoms. The Labute approximate surface area is 162 Å². The van der Waals surface area contributed by atoms with Crippen molar-refractivity contribution in [2.24, 2.45) is 0 Å². The highest BCUT2D eigenvalue weighted by Gasteiger charge is 2.17. The summed E-state index contributed by atoms with van der Waals surface area (Å²) in [7, 11) is 0. The summed E-state index contributed by atoms with van der Waals surface area (Å²) in [6, 6.07) is 10.9. The van der Waals surface area contributed by atoms with E-state index in [1.165, 1.54) is 12.4 Å². The molecule has 0 saturated heterocycles. The largest absolute Gasteiger partial charge is 0.395 e. The number of hydrogen-bond acceptors (Lipinski definition) is 8. The van der Waals surface area contributed by atoms with Gasteiger partial charge in [0, 0.05) is 36.8 Å². The molecule has 0 amide bonds. The molecule has 0 saturated carbocycles. The number of fused-ring (bicyclic) bond motifs is 1. The minimum atomic E-state index is -0.410. The molecule has 0 aliphatic carbocycles. The Hall–Kier alpha value is -3.46. The number of rotatable bonds is 9. The van der Waals surface area contributed by atoms with E-state index >= 15 is 0 Å². The monoisotopic (exact) mass is 382 g/mol. The van der Waals surface area contributed by atoms with Crippen molar-refractivity contribution in [1.82, 2.24) is 9.97 Å². The molecule has 0 aliphatic rings. The summed E-state index contributed by atoms with van der Waals surface area (Å²) in [4.78, 5) is 19.5. The van der Waals surface area contributed by atoms with Crippen LogP contribution in [0.4, 0.5) is 22.9 Å². The van der Waals surface area contributed by atoms with Gasteiger partial charge in [0.1, 0.15) is 17.8 Å². The third-order valence-corrected chi connectivity index (χ3v) is 4.17. The Bertz CT molecular complexity index is 962. The first-order valence-electron chi connectivity index (χ1n) is 8.97. The second-order valence-electron chi connectivity index (χ2n) is 6.10. The van der Waals surface area contributed by atoms with E-state index in [1.807, 2.05) is 31.2 Å². The minimum absolute atomic E-state index is 0.00786. The van der Waals surface area contributed by atoms with Crippen LogP contribution in [0, 0.1) is 10.1 Å². The summed E-state index contributed by atoms with van der Waals surface area (Å²) in [6.07, 6.45) is 1.44. The maximum absolute atomic E-state index is 11.4. The third kappa shape index (κ3) is 4.44. The normalized spacial score (nSPS) is 10.6. The van der Waals surface area contributed by atoms with Crippen LogP contribution in [0.1, 0.15) is 12.5 Å². The maximum Gasteiger partial charge on any atom is 0.293 e. The molecule has 0 unspecified atom stereocenters. The lowest BCUT2D eigenvalue weighted by Gasteiger charge is -2.11. The Morgan fingerprint density at radius 2 is 1.89 bits per heavy atom. The van der Waals surface area contributed by atoms with E-state index in [0.717, 1.165) is 11.3 Å². The number of aromatic nitrogens is 2. The van der Waals surface area contributed by atoms with Crippen molar-refractivity contribution in [2.75, 3.05) is 35.6 Å². The van der Waals surface area contributed by atoms with Crippen molar-refractivity contribution >= 4 is 33.8 Å². The van der Waals surface area contributed by atoms with E-state index in [4.69, 9.17) is 5.11 Å². The smallest absolute Gasteiger partial charge is 0.293 e. The zero-order valence-corrected chi connectivity index (χ0v) is 15.5. The average molecular weight is 382 g/mol. The molecule has 0 bridgehead atoms. The highest BCUT2D eigenvalue weighted by molar-refractivity contribution is 5.94. The Morgan fingerprint density at radius 3 is 2.57 bits per heavy atom. The van der Waals surface area contributed by atoms with Gasteiger partial charge >= 0.3 is 0 Å². The van der Waals surface area contributed by atoms with E-state index in [0.29, 0.717) is 42.0 Å². The van der Waals surface area contributed by atoms with Crippen LogP contribution in [0.15, 0.2) is 42.7 Å². The van der Waals surface area contributed by atoms with Crippen LogP contribution in [0.25, 0.3) is 10.9 Å². The summed E-state index contributed by atoms with van der Waals surface area (Å²) in [6.45, 7) is 3.54. The van der Waals surface area contributed by atoms with Crippen LogP contribution in [0.2, 0.25) is 0 Å². The number of nitrogens with one attached hydrogen (secondary N) is 3. The van der Waals surface area contributed by atoms with Gasteiger partial charge in [-0.3, -0.25) is 10.1 Å². The molecule has 1 aromatic heterocycles. The molecule has 9 nitrogen and oxygen atoms in total. The molecule has 3 rings (SSSR count). The lowest BCUT2D eigenvalue weighted by molar-refractivity contribution is -0.383. The number of nitro groups is 1. The van der Waals surface area contributed by atoms with Crippen LogP contribution < -0.4 is 16.0 Å². The number of hydrogen-bond donors (Lipinski definition) is 4. The number of aliphatic hydroxyl groups is 1. The molecule has 28 heavy (non-hydrogen) atoms. The lowest BCUT2D eigenvalue weighted by atomic mass is 10.1. The van der Waals surface area contributed by atoms with Crippen molar-refractivity contribution in [3.8, 4) is 0 Å². The quantitative estimate of drug-likeness (QED) is 0.329. The fourth-order valence-electron chi connectivity index (χ4n) is 2.84. The van der Waals surface area contributed by atoms with Crippen LogP contribution in [0.3, 0.4) is 0 Å². The highest BCUT2D eigenvalue weighted by Crippen LogP contribution is 2.32. The van der Waals surface area contributed by atoms with Crippen molar-refractivity contribution in [3.05, 3.63) is 58.4 Å². The molecule has 1 heterocycles. The highest BCUT2D eigenvalue weighted by atomic mass is 16.6. The summed E-state index contributed by atoms with van der Waals surface area (Å²) < 4.78 is 0. The molecule has 0 aliphatic heterocycles. The number of aliphatic hydroxyl groups excluding tert-OH is 1. The van der Waals surface area contributed by atoms with Gasteiger partial charge in [-0.05, 0) is 30.7 Å². The van der Waals surface area contributed by atoms with Gasteiger partial charge in [0.2, 0.25) is 0 Å². The van der Waals surface area contributed by atoms with E-state index in [-0.39, 0.29) is 12.3 Å². The fraction of sp³-hybridized carbons (Fsp3) is 0.263. The molecule has 3 aromatic rings. The second-order valence-corrected chi connectivity index (χ2v) is 6.10. The lowest BCUT2D eigenvalue weighted by Crippen LogP contribution is -2.06. The first kappa shape index (κ1) is 19.3. The summed E-state index contributed by atoms with van der Waals surface area (Å²) in [5.74, 6) is 0.540. The second kappa shape index (κ2) is 8.96. The zero-order valence-electron chi connectivity index (χ0n) is 15.5. The van der Waals surface area contributed by atoms with Gasteiger partial charge in [-0.25, -0.2) is 9.97 Å². The molecular formula is C19H22N6O3. The number of benzene rings is 2. The first-order valence-corrected chi connectivity index (χ1v) is 8.97. The van der Waals surface area contributed by atoms with Gasteiger partial charge in [0.25, 0.3) is 5.69 Å². The molecule has 9 heteroatoms. The molecule has 4 N–H and O–H groups in total. The first-order chi connectivity index (χ1) is 13.6. The minimum Gasteiger partial charge on any atom is -0.395 e. The SMILES string of the molecule is CCNc1cc2ncnc(NCc3ccc(NCCO)cc3)c2cc1[N+](=O)[O-]. The molecule has 0 atom stereocenters. The third-order valence-electron chi connectivity index (χ3n) is 4.17. The van der Waals surface area contributed by atoms with Gasteiger partial charge in [-0.15, -0.1) is 0 Å². The number of anilines is 3. The summed E-state index contributed by atoms with van der Waals surface area (Å²) >= 11 is 0. The van der Waals surface area contributed by atoms with Gasteiger partial charge in [-0.1, -0.05) is 12.1 Å². The van der Waals surface area contributed by atoms with Gasteiger partial charge in [-0.2, -0.15) is 0 Å². The molecule has 0 fully saturated rings. The van der Waals surface area contributed by atoms with Crippen LogP contribution in [-0.2, 0) is 6.54 Å². The Balaban J connectivity index is 1.82. The standard InChI is InChI=1S/C19H22N6O3/c1-2-20-17-10-16-15(9-18(17)25(27)28)19(24-12-23-16)22-11-13-3-5-14(6-4-13)21-7-8-26/h3-6,9-10,12,20-21,26H,2,7-8,11H2,1H3,(H,22,23,24). The van der Waals surface area contributed by atoms with Gasteiger partial charge in [0.05, 0.1) is 17.0 Å². The van der Waals surface area contributed by atoms with E-state index < -0.39 is 4.92 Å². The molecular weight excluding hydrogens is 360 g/mol. The predicted molar refractivity (Wildman–Crippen MR) is 110 cm³/mol. The fourth-order valence-corrected chi connectivity index (χ4v) is 2.84. The summed E-state index contributed by atoms with van der Waals surface area (Å²) in [5.41, 5.74) is 3.02.